The summed E-state index contributed by atoms with van der Waals surface area (Å²) in [6.07, 6.45) is 3.41. The van der Waals surface area contributed by atoms with Gasteiger partial charge >= 0.3 is 6.03 Å². The molecular weight excluding hydrogens is 270 g/mol. The van der Waals surface area contributed by atoms with Crippen molar-refractivity contribution in [2.45, 2.75) is 38.8 Å². The third-order valence-corrected chi connectivity index (χ3v) is 5.46. The highest BCUT2D eigenvalue weighted by atomic mass is 32.1. The van der Waals surface area contributed by atoms with Crippen molar-refractivity contribution in [3.8, 4) is 0 Å². The fraction of sp³-hybridized carbons (Fsp3) is 0.667. The molecule has 0 aliphatic carbocycles. The molecule has 1 N–H and O–H groups in total. The lowest BCUT2D eigenvalue weighted by atomic mass is 10.00. The number of likely N-dealkylation sites (tertiary alicyclic amines) is 1. The van der Waals surface area contributed by atoms with Gasteiger partial charge in [-0.1, -0.05) is 0 Å². The Bertz CT molecular complexity index is 465. The summed E-state index contributed by atoms with van der Waals surface area (Å²) in [7, 11) is 0. The first-order chi connectivity index (χ1) is 9.78. The normalized spacial score (nSPS) is 20.8. The quantitative estimate of drug-likeness (QED) is 0.908. The van der Waals surface area contributed by atoms with Gasteiger partial charge in [0, 0.05) is 43.6 Å². The first kappa shape index (κ1) is 13.9. The van der Waals surface area contributed by atoms with Crippen molar-refractivity contribution < 1.29 is 4.79 Å². The van der Waals surface area contributed by atoms with Gasteiger partial charge in [-0.25, -0.2) is 4.79 Å². The van der Waals surface area contributed by atoms with E-state index < -0.39 is 0 Å². The Morgan fingerprint density at radius 2 is 2.20 bits per heavy atom. The van der Waals surface area contributed by atoms with Crippen molar-refractivity contribution in [3.63, 3.8) is 0 Å². The van der Waals surface area contributed by atoms with E-state index in [0.29, 0.717) is 12.6 Å². The van der Waals surface area contributed by atoms with Gasteiger partial charge in [0.25, 0.3) is 0 Å². The summed E-state index contributed by atoms with van der Waals surface area (Å²) >= 11 is 1.90. The molecule has 3 heterocycles. The van der Waals surface area contributed by atoms with Gasteiger partial charge in [0.15, 0.2) is 0 Å². The van der Waals surface area contributed by atoms with E-state index in [9.17, 15) is 4.79 Å². The monoisotopic (exact) mass is 293 g/mol. The molecule has 0 spiro atoms. The van der Waals surface area contributed by atoms with E-state index in [2.05, 4.69) is 21.7 Å². The number of piperidine rings is 1. The Morgan fingerprint density at radius 1 is 1.40 bits per heavy atom. The van der Waals surface area contributed by atoms with Crippen LogP contribution in [0.15, 0.2) is 11.4 Å². The molecule has 110 valence electrons. The molecule has 3 rings (SSSR count). The van der Waals surface area contributed by atoms with Gasteiger partial charge in [-0.3, -0.25) is 4.90 Å². The van der Waals surface area contributed by atoms with Crippen LogP contribution in [0.3, 0.4) is 0 Å². The van der Waals surface area contributed by atoms with E-state index in [1.807, 2.05) is 23.2 Å². The lowest BCUT2D eigenvalue weighted by Crippen LogP contribution is -2.50. The third-order valence-electron chi connectivity index (χ3n) is 4.43. The molecule has 20 heavy (non-hydrogen) atoms. The van der Waals surface area contributed by atoms with Crippen molar-refractivity contribution in [1.29, 1.82) is 0 Å². The zero-order valence-corrected chi connectivity index (χ0v) is 12.9. The van der Waals surface area contributed by atoms with Crippen LogP contribution in [0.4, 0.5) is 4.79 Å². The number of carbonyl (C=O) groups is 1. The highest BCUT2D eigenvalue weighted by Crippen LogP contribution is 2.27. The average Bonchev–Trinajstić information content (AvgIpc) is 2.95. The van der Waals surface area contributed by atoms with Crippen LogP contribution in [0.5, 0.6) is 0 Å². The lowest BCUT2D eigenvalue weighted by Gasteiger charge is -2.40. The van der Waals surface area contributed by atoms with Crippen LogP contribution in [0.25, 0.3) is 0 Å². The Kier molecular flexibility index (Phi) is 4.27. The lowest BCUT2D eigenvalue weighted by molar-refractivity contribution is 0.108. The predicted molar refractivity (Wildman–Crippen MR) is 82.1 cm³/mol. The Balaban J connectivity index is 1.53. The first-order valence-corrected chi connectivity index (χ1v) is 8.48. The Hall–Kier alpha value is -1.07. The summed E-state index contributed by atoms with van der Waals surface area (Å²) < 4.78 is 0. The number of fused-ring (bicyclic) bond motifs is 1. The van der Waals surface area contributed by atoms with E-state index in [-0.39, 0.29) is 6.03 Å². The minimum atomic E-state index is 0.102. The van der Waals surface area contributed by atoms with Crippen LogP contribution < -0.4 is 5.32 Å². The molecule has 5 heteroatoms. The molecule has 2 aliphatic heterocycles. The molecule has 1 aromatic heterocycles. The van der Waals surface area contributed by atoms with Gasteiger partial charge in [0.05, 0.1) is 0 Å². The van der Waals surface area contributed by atoms with Gasteiger partial charge in [-0.05, 0) is 43.2 Å². The summed E-state index contributed by atoms with van der Waals surface area (Å²) in [5.41, 5.74) is 1.52. The third kappa shape index (κ3) is 2.83. The Morgan fingerprint density at radius 3 is 2.95 bits per heavy atom. The molecule has 2 amide bonds. The smallest absolute Gasteiger partial charge is 0.317 e. The second-order valence-corrected chi connectivity index (χ2v) is 6.64. The van der Waals surface area contributed by atoms with Gasteiger partial charge in [-0.2, -0.15) is 0 Å². The molecule has 0 aromatic carbocycles. The molecule has 2 aliphatic rings. The van der Waals surface area contributed by atoms with Crippen molar-refractivity contribution in [2.24, 2.45) is 0 Å². The minimum Gasteiger partial charge on any atom is -0.338 e. The van der Waals surface area contributed by atoms with Crippen molar-refractivity contribution in [1.82, 2.24) is 15.1 Å². The van der Waals surface area contributed by atoms with Gasteiger partial charge < -0.3 is 10.2 Å². The highest BCUT2D eigenvalue weighted by Gasteiger charge is 2.28. The van der Waals surface area contributed by atoms with E-state index in [1.165, 1.54) is 18.5 Å². The maximum absolute atomic E-state index is 11.8. The fourth-order valence-corrected chi connectivity index (χ4v) is 4.17. The summed E-state index contributed by atoms with van der Waals surface area (Å²) in [6.45, 7) is 6.75. The number of nitrogens with zero attached hydrogens (tertiary/aromatic N) is 2. The number of nitrogens with one attached hydrogen (secondary N) is 1. The maximum Gasteiger partial charge on any atom is 0.317 e. The standard InChI is InChI=1S/C15H23N3OS/c1-2-16-15(19)17-7-3-13(4-8-17)18-9-5-14-12(11-18)6-10-20-14/h6,10,13H,2-5,7-9,11H2,1H3,(H,16,19). The van der Waals surface area contributed by atoms with Crippen LogP contribution in [0.2, 0.25) is 0 Å². The molecule has 0 atom stereocenters. The molecule has 4 nitrogen and oxygen atoms in total. The molecule has 0 bridgehead atoms. The zero-order valence-electron chi connectivity index (χ0n) is 12.1. The first-order valence-electron chi connectivity index (χ1n) is 7.60. The highest BCUT2D eigenvalue weighted by molar-refractivity contribution is 7.10. The molecule has 0 radical (unpaired) electrons. The molecule has 0 saturated carbocycles. The van der Waals surface area contributed by atoms with Gasteiger partial charge in [0.2, 0.25) is 0 Å². The number of carbonyl (C=O) groups excluding carboxylic acids is 1. The fourth-order valence-electron chi connectivity index (χ4n) is 3.28. The van der Waals surface area contributed by atoms with E-state index >= 15 is 0 Å². The van der Waals surface area contributed by atoms with Gasteiger partial charge in [-0.15, -0.1) is 11.3 Å². The molecule has 1 aromatic rings. The summed E-state index contributed by atoms with van der Waals surface area (Å²) in [5, 5.41) is 5.11. The summed E-state index contributed by atoms with van der Waals surface area (Å²) in [4.78, 5) is 18.0. The molecule has 1 saturated heterocycles. The van der Waals surface area contributed by atoms with Crippen LogP contribution in [0, 0.1) is 0 Å². The zero-order chi connectivity index (χ0) is 13.9. The Labute approximate surface area is 124 Å². The molecular formula is C15H23N3OS. The van der Waals surface area contributed by atoms with Crippen LogP contribution in [0.1, 0.15) is 30.2 Å². The van der Waals surface area contributed by atoms with Crippen molar-refractivity contribution in [2.75, 3.05) is 26.2 Å². The average molecular weight is 293 g/mol. The van der Waals surface area contributed by atoms with E-state index in [0.717, 1.165) is 32.5 Å². The minimum absolute atomic E-state index is 0.102. The largest absolute Gasteiger partial charge is 0.338 e. The van der Waals surface area contributed by atoms with Crippen molar-refractivity contribution >= 4 is 17.4 Å². The second kappa shape index (κ2) is 6.14. The number of hydrogen-bond acceptors (Lipinski definition) is 3. The number of rotatable bonds is 2. The number of thiophene rings is 1. The van der Waals surface area contributed by atoms with E-state index in [1.54, 1.807) is 4.88 Å². The molecule has 1 fully saturated rings. The predicted octanol–water partition coefficient (Wildman–Crippen LogP) is 2.30. The molecule has 0 unspecified atom stereocenters. The number of urea groups is 1. The van der Waals surface area contributed by atoms with Crippen LogP contribution in [-0.2, 0) is 13.0 Å². The van der Waals surface area contributed by atoms with Gasteiger partial charge in [0.1, 0.15) is 0 Å². The summed E-state index contributed by atoms with van der Waals surface area (Å²) in [6, 6.07) is 3.02. The maximum atomic E-state index is 11.8. The summed E-state index contributed by atoms with van der Waals surface area (Å²) in [5.74, 6) is 0. The SMILES string of the molecule is CCNC(=O)N1CCC(N2CCc3sccc3C2)CC1. The second-order valence-electron chi connectivity index (χ2n) is 5.64. The van der Waals surface area contributed by atoms with Crippen LogP contribution in [-0.4, -0.2) is 48.1 Å². The van der Waals surface area contributed by atoms with Crippen molar-refractivity contribution in [3.05, 3.63) is 21.9 Å². The number of amides is 2. The number of hydrogen-bond donors (Lipinski definition) is 1. The van der Waals surface area contributed by atoms with Crippen LogP contribution >= 0.6 is 11.3 Å². The topological polar surface area (TPSA) is 35.6 Å². The van der Waals surface area contributed by atoms with E-state index in [4.69, 9.17) is 0 Å².